The van der Waals surface area contributed by atoms with E-state index in [2.05, 4.69) is 21.2 Å². The Balaban J connectivity index is 1.77. The zero-order valence-corrected chi connectivity index (χ0v) is 16.7. The Kier molecular flexibility index (Phi) is 7.68. The van der Waals surface area contributed by atoms with Gasteiger partial charge in [0.1, 0.15) is 5.75 Å². The van der Waals surface area contributed by atoms with Gasteiger partial charge in [-0.2, -0.15) is 0 Å². The number of rotatable bonds is 8. The molecule has 1 N–H and O–H groups in total. The number of carbonyl (C=O) groups excluding carboxylic acids is 4. The van der Waals surface area contributed by atoms with E-state index in [4.69, 9.17) is 9.47 Å². The van der Waals surface area contributed by atoms with Crippen LogP contribution in [0.3, 0.4) is 0 Å². The highest BCUT2D eigenvalue weighted by Crippen LogP contribution is 2.24. The Morgan fingerprint density at radius 1 is 1.15 bits per heavy atom. The summed E-state index contributed by atoms with van der Waals surface area (Å²) in [5.41, 5.74) is 0.346. The molecule has 2 rings (SSSR count). The van der Waals surface area contributed by atoms with Crippen LogP contribution in [0.15, 0.2) is 40.2 Å². The lowest BCUT2D eigenvalue weighted by molar-refractivity contribution is -0.148. The molecule has 0 radical (unpaired) electrons. The van der Waals surface area contributed by atoms with Gasteiger partial charge in [-0.05, 0) is 29.6 Å². The molecule has 0 bridgehead atoms. The third-order valence-electron chi connectivity index (χ3n) is 3.38. The van der Waals surface area contributed by atoms with Crippen LogP contribution in [0.4, 0.5) is 0 Å². The quantitative estimate of drug-likeness (QED) is 0.487. The molecule has 27 heavy (non-hydrogen) atoms. The normalized spacial score (nSPS) is 10.1. The number of imide groups is 1. The predicted octanol–water partition coefficient (Wildman–Crippen LogP) is 2.98. The average molecular weight is 454 g/mol. The summed E-state index contributed by atoms with van der Waals surface area (Å²) in [6, 6.07) is 8.24. The van der Waals surface area contributed by atoms with E-state index in [9.17, 15) is 19.2 Å². The van der Waals surface area contributed by atoms with E-state index < -0.39 is 24.4 Å². The lowest BCUT2D eigenvalue weighted by Gasteiger charge is -2.08. The Hall–Kier alpha value is -2.52. The summed E-state index contributed by atoms with van der Waals surface area (Å²) in [4.78, 5) is 47.7. The minimum Gasteiger partial charge on any atom is -0.496 e. The van der Waals surface area contributed by atoms with E-state index in [0.29, 0.717) is 20.7 Å². The molecule has 0 spiro atoms. The predicted molar refractivity (Wildman–Crippen MR) is 102 cm³/mol. The Bertz CT molecular complexity index is 850. The van der Waals surface area contributed by atoms with Crippen molar-refractivity contribution in [3.05, 3.63) is 50.6 Å². The molecule has 0 aliphatic carbocycles. The third-order valence-corrected chi connectivity index (χ3v) is 4.74. The highest BCUT2D eigenvalue weighted by atomic mass is 79.9. The fourth-order valence-electron chi connectivity index (χ4n) is 2.10. The van der Waals surface area contributed by atoms with E-state index in [1.807, 2.05) is 0 Å². The first-order valence-electron chi connectivity index (χ1n) is 7.80. The van der Waals surface area contributed by atoms with Crippen LogP contribution in [0, 0.1) is 0 Å². The largest absolute Gasteiger partial charge is 0.496 e. The summed E-state index contributed by atoms with van der Waals surface area (Å²) < 4.78 is 10.6. The van der Waals surface area contributed by atoms with E-state index in [-0.39, 0.29) is 18.6 Å². The lowest BCUT2D eigenvalue weighted by Crippen LogP contribution is -2.33. The molecule has 0 aliphatic heterocycles. The molecule has 0 saturated heterocycles. The molecular formula is C18H16BrNO6S. The van der Waals surface area contributed by atoms with Crippen molar-refractivity contribution < 1.29 is 28.7 Å². The zero-order chi connectivity index (χ0) is 19.8. The van der Waals surface area contributed by atoms with Crippen LogP contribution in [0.25, 0.3) is 0 Å². The van der Waals surface area contributed by atoms with Crippen molar-refractivity contribution in [2.45, 2.75) is 12.8 Å². The summed E-state index contributed by atoms with van der Waals surface area (Å²) in [5, 5.41) is 3.82. The fraction of sp³-hybridized carbons (Fsp3) is 0.222. The average Bonchev–Trinajstić information content (AvgIpc) is 3.19. The maximum absolute atomic E-state index is 12.3. The van der Waals surface area contributed by atoms with Crippen LogP contribution < -0.4 is 10.1 Å². The number of thiophene rings is 1. The van der Waals surface area contributed by atoms with Crippen molar-refractivity contribution >= 4 is 50.8 Å². The van der Waals surface area contributed by atoms with Gasteiger partial charge in [-0.15, -0.1) is 11.3 Å². The van der Waals surface area contributed by atoms with Crippen LogP contribution in [-0.4, -0.2) is 37.3 Å². The van der Waals surface area contributed by atoms with Crippen LogP contribution in [-0.2, 0) is 14.3 Å². The zero-order valence-electron chi connectivity index (χ0n) is 14.3. The molecule has 7 nitrogen and oxygen atoms in total. The number of hydrogen-bond donors (Lipinski definition) is 1. The first kappa shape index (κ1) is 20.8. The Labute approximate surface area is 167 Å². The lowest BCUT2D eigenvalue weighted by atomic mass is 10.1. The summed E-state index contributed by atoms with van der Waals surface area (Å²) in [7, 11) is 1.45. The summed E-state index contributed by atoms with van der Waals surface area (Å²) >= 11 is 4.47. The van der Waals surface area contributed by atoms with Gasteiger partial charge in [0.05, 0.1) is 24.0 Å². The monoisotopic (exact) mass is 453 g/mol. The van der Waals surface area contributed by atoms with Gasteiger partial charge < -0.3 is 9.47 Å². The fourth-order valence-corrected chi connectivity index (χ4v) is 3.08. The first-order valence-corrected chi connectivity index (χ1v) is 9.48. The second kappa shape index (κ2) is 9.98. The molecule has 2 amide bonds. The number of carbonyl (C=O) groups is 4. The number of esters is 1. The number of halogens is 1. The van der Waals surface area contributed by atoms with Gasteiger partial charge in [0.2, 0.25) is 0 Å². The smallest absolute Gasteiger partial charge is 0.306 e. The number of nitrogens with one attached hydrogen (secondary N) is 1. The van der Waals surface area contributed by atoms with Crippen molar-refractivity contribution in [3.8, 4) is 5.75 Å². The molecular weight excluding hydrogens is 438 g/mol. The van der Waals surface area contributed by atoms with E-state index in [1.54, 1.807) is 35.7 Å². The van der Waals surface area contributed by atoms with Crippen molar-refractivity contribution in [3.63, 3.8) is 0 Å². The maximum atomic E-state index is 12.3. The van der Waals surface area contributed by atoms with Gasteiger partial charge in [-0.25, -0.2) is 0 Å². The van der Waals surface area contributed by atoms with Gasteiger partial charge in [-0.1, -0.05) is 22.0 Å². The molecule has 142 valence electrons. The van der Waals surface area contributed by atoms with Crippen molar-refractivity contribution in [1.29, 1.82) is 0 Å². The molecule has 9 heteroatoms. The topological polar surface area (TPSA) is 98.8 Å². The second-order valence-corrected chi connectivity index (χ2v) is 7.15. The molecule has 0 atom stereocenters. The molecule has 1 heterocycles. The maximum Gasteiger partial charge on any atom is 0.306 e. The third kappa shape index (κ3) is 6.30. The van der Waals surface area contributed by atoms with Gasteiger partial charge in [-0.3, -0.25) is 24.5 Å². The molecule has 0 fully saturated rings. The Morgan fingerprint density at radius 3 is 2.59 bits per heavy atom. The first-order chi connectivity index (χ1) is 12.9. The molecule has 1 aromatic heterocycles. The second-order valence-electron chi connectivity index (χ2n) is 5.28. The number of ether oxygens (including phenoxy) is 2. The molecule has 0 saturated carbocycles. The summed E-state index contributed by atoms with van der Waals surface area (Å²) in [6.07, 6.45) is -0.290. The van der Waals surface area contributed by atoms with Crippen LogP contribution in [0.2, 0.25) is 0 Å². The minimum atomic E-state index is -0.735. The van der Waals surface area contributed by atoms with E-state index in [1.165, 1.54) is 18.4 Å². The number of amides is 2. The van der Waals surface area contributed by atoms with Crippen LogP contribution in [0.5, 0.6) is 5.75 Å². The summed E-state index contributed by atoms with van der Waals surface area (Å²) in [6.45, 7) is -0.593. The van der Waals surface area contributed by atoms with Gasteiger partial charge >= 0.3 is 5.97 Å². The SMILES string of the molecule is COc1ccc(Br)cc1C(=O)CCC(=O)OCC(=O)NC(=O)c1cccs1. The van der Waals surface area contributed by atoms with Crippen molar-refractivity contribution in [2.75, 3.05) is 13.7 Å². The minimum absolute atomic E-state index is 0.0958. The van der Waals surface area contributed by atoms with Crippen LogP contribution >= 0.6 is 27.3 Å². The number of ketones is 1. The highest BCUT2D eigenvalue weighted by Gasteiger charge is 2.17. The van der Waals surface area contributed by atoms with Gasteiger partial charge in [0.15, 0.2) is 12.4 Å². The summed E-state index contributed by atoms with van der Waals surface area (Å²) in [5.74, 6) is -1.88. The number of hydrogen-bond acceptors (Lipinski definition) is 7. The van der Waals surface area contributed by atoms with Gasteiger partial charge in [0.25, 0.3) is 11.8 Å². The Morgan fingerprint density at radius 2 is 1.93 bits per heavy atom. The molecule has 1 aromatic carbocycles. The van der Waals surface area contributed by atoms with E-state index in [0.717, 1.165) is 0 Å². The molecule has 0 aliphatic rings. The number of benzene rings is 1. The van der Waals surface area contributed by atoms with Gasteiger partial charge in [0, 0.05) is 10.9 Å². The number of Topliss-reactive ketones (excluding diaryl/α,β-unsaturated/α-hetero) is 1. The van der Waals surface area contributed by atoms with Crippen molar-refractivity contribution in [1.82, 2.24) is 5.32 Å². The molecule has 2 aromatic rings. The standard InChI is InChI=1S/C18H16BrNO6S/c1-25-14-6-4-11(19)9-12(14)13(21)5-7-17(23)26-10-16(22)20-18(24)15-3-2-8-27-15/h2-4,6,8-9H,5,7,10H2,1H3,(H,20,22,24). The van der Waals surface area contributed by atoms with Crippen molar-refractivity contribution in [2.24, 2.45) is 0 Å². The highest BCUT2D eigenvalue weighted by molar-refractivity contribution is 9.10. The molecule has 0 unspecified atom stereocenters. The van der Waals surface area contributed by atoms with Crippen LogP contribution in [0.1, 0.15) is 32.9 Å². The number of methoxy groups -OCH3 is 1. The van der Waals surface area contributed by atoms with E-state index >= 15 is 0 Å².